The number of hydrogen-bond donors (Lipinski definition) is 1. The van der Waals surface area contributed by atoms with Crippen LogP contribution in [0.15, 0.2) is 64.5 Å². The van der Waals surface area contributed by atoms with Gasteiger partial charge in [-0.05, 0) is 36.2 Å². The molecule has 4 aromatic rings. The van der Waals surface area contributed by atoms with Crippen molar-refractivity contribution in [2.24, 2.45) is 0 Å². The maximum atomic E-state index is 13.6. The molecule has 6 nitrogen and oxygen atoms in total. The second kappa shape index (κ2) is 8.48. The molecule has 2 heterocycles. The number of thioether (sulfide) groups is 1. The van der Waals surface area contributed by atoms with Crippen molar-refractivity contribution in [3.8, 4) is 17.1 Å². The van der Waals surface area contributed by atoms with Crippen molar-refractivity contribution in [2.45, 2.75) is 18.5 Å². The Morgan fingerprint density at radius 1 is 1.14 bits per heavy atom. The van der Waals surface area contributed by atoms with Crippen LogP contribution in [-0.2, 0) is 6.42 Å². The number of nitrogens with zero attached hydrogens (tertiary/aromatic N) is 3. The van der Waals surface area contributed by atoms with Gasteiger partial charge >= 0.3 is 0 Å². The van der Waals surface area contributed by atoms with Crippen molar-refractivity contribution in [1.29, 1.82) is 0 Å². The molecule has 0 spiro atoms. The number of ether oxygens (including phenoxy) is 1. The number of fused-ring (bicyclic) bond motifs is 1. The predicted octanol–water partition coefficient (Wildman–Crippen LogP) is 3.96. The van der Waals surface area contributed by atoms with Gasteiger partial charge in [-0.1, -0.05) is 43.0 Å². The van der Waals surface area contributed by atoms with E-state index < -0.39 is 0 Å². The Balaban J connectivity index is 1.51. The van der Waals surface area contributed by atoms with Crippen LogP contribution in [0.2, 0.25) is 0 Å². The van der Waals surface area contributed by atoms with Crippen LogP contribution in [0, 0.1) is 5.82 Å². The van der Waals surface area contributed by atoms with Gasteiger partial charge in [-0.15, -0.1) is 0 Å². The third-order valence-corrected chi connectivity index (χ3v) is 5.23. The number of halogens is 1. The molecule has 0 aliphatic carbocycles. The molecule has 0 unspecified atom stereocenters. The topological polar surface area (TPSA) is 72.3 Å². The van der Waals surface area contributed by atoms with Crippen molar-refractivity contribution in [2.75, 3.05) is 12.4 Å². The van der Waals surface area contributed by atoms with Crippen LogP contribution < -0.4 is 10.3 Å². The van der Waals surface area contributed by atoms with E-state index in [4.69, 9.17) is 4.74 Å². The van der Waals surface area contributed by atoms with Crippen molar-refractivity contribution >= 4 is 17.4 Å². The summed E-state index contributed by atoms with van der Waals surface area (Å²) in [6, 6.07) is 15.5. The van der Waals surface area contributed by atoms with Crippen molar-refractivity contribution in [3.63, 3.8) is 0 Å². The van der Waals surface area contributed by atoms with E-state index in [1.807, 2.05) is 24.3 Å². The Hall–Kier alpha value is -3.13. The van der Waals surface area contributed by atoms with Crippen LogP contribution in [0.25, 0.3) is 17.0 Å². The van der Waals surface area contributed by atoms with Crippen molar-refractivity contribution in [3.05, 3.63) is 76.3 Å². The molecule has 0 saturated carbocycles. The number of aromatic nitrogens is 4. The average molecular weight is 410 g/mol. The fraction of sp³-hybridized carbons (Fsp3) is 0.190. The molecule has 148 valence electrons. The number of H-pyrrole nitrogens is 1. The monoisotopic (exact) mass is 410 g/mol. The highest BCUT2D eigenvalue weighted by atomic mass is 32.2. The third-order valence-electron chi connectivity index (χ3n) is 4.32. The van der Waals surface area contributed by atoms with Gasteiger partial charge in [0.05, 0.1) is 6.61 Å². The molecule has 2 aromatic heterocycles. The van der Waals surface area contributed by atoms with E-state index in [9.17, 15) is 9.18 Å². The summed E-state index contributed by atoms with van der Waals surface area (Å²) in [5.41, 5.74) is 1.97. The molecule has 1 N–H and O–H groups in total. The fourth-order valence-corrected chi connectivity index (χ4v) is 3.62. The molecule has 0 amide bonds. The zero-order valence-corrected chi connectivity index (χ0v) is 16.6. The zero-order valence-electron chi connectivity index (χ0n) is 15.8. The molecule has 8 heteroatoms. The highest BCUT2D eigenvalue weighted by molar-refractivity contribution is 7.99. The van der Waals surface area contributed by atoms with Crippen LogP contribution >= 0.6 is 11.8 Å². The summed E-state index contributed by atoms with van der Waals surface area (Å²) >= 11 is 1.43. The molecule has 0 atom stereocenters. The molecule has 0 bridgehead atoms. The van der Waals surface area contributed by atoms with E-state index in [1.54, 1.807) is 12.1 Å². The number of rotatable bonds is 7. The van der Waals surface area contributed by atoms with Crippen LogP contribution in [0.4, 0.5) is 4.39 Å². The largest absolute Gasteiger partial charge is 0.493 e. The van der Waals surface area contributed by atoms with Crippen LogP contribution in [-0.4, -0.2) is 31.9 Å². The summed E-state index contributed by atoms with van der Waals surface area (Å²) in [4.78, 5) is 20.7. The summed E-state index contributed by atoms with van der Waals surface area (Å²) in [5, 5.41) is 3.25. The summed E-state index contributed by atoms with van der Waals surface area (Å²) < 4.78 is 20.9. The first-order valence-corrected chi connectivity index (χ1v) is 10.2. The molecule has 0 fully saturated rings. The van der Waals surface area contributed by atoms with Gasteiger partial charge in [-0.25, -0.2) is 18.9 Å². The minimum atomic E-state index is -0.367. The summed E-state index contributed by atoms with van der Waals surface area (Å²) in [6.07, 6.45) is 0.989. The smallest absolute Gasteiger partial charge is 0.266 e. The standard InChI is InChI=1S/C21H19FN4O2S/c1-2-14-6-8-17(9-7-14)28-10-11-29-21-24-20(15-4-3-5-16(22)12-15)23-18-13-19(27)25-26(18)21/h3-9,12-13H,2,10-11H2,1H3,(H,25,27). The molecular weight excluding hydrogens is 391 g/mol. The molecule has 4 rings (SSSR count). The Morgan fingerprint density at radius 2 is 1.97 bits per heavy atom. The van der Waals surface area contributed by atoms with E-state index in [0.29, 0.717) is 34.6 Å². The molecule has 0 radical (unpaired) electrons. The van der Waals surface area contributed by atoms with Crippen LogP contribution in [0.5, 0.6) is 5.75 Å². The highest BCUT2D eigenvalue weighted by Crippen LogP contribution is 2.22. The Bertz CT molecular complexity index is 1190. The van der Waals surface area contributed by atoms with Gasteiger partial charge in [0.1, 0.15) is 11.6 Å². The van der Waals surface area contributed by atoms with Gasteiger partial charge in [0.25, 0.3) is 5.56 Å². The molecular formula is C21H19FN4O2S. The Morgan fingerprint density at radius 3 is 2.72 bits per heavy atom. The zero-order chi connectivity index (χ0) is 20.2. The number of hydrogen-bond acceptors (Lipinski definition) is 5. The molecule has 0 aliphatic heterocycles. The first kappa shape index (κ1) is 19.2. The Labute approximate surface area is 170 Å². The van der Waals surface area contributed by atoms with Crippen molar-refractivity contribution < 1.29 is 9.13 Å². The van der Waals surface area contributed by atoms with Gasteiger partial charge in [0.15, 0.2) is 16.6 Å². The van der Waals surface area contributed by atoms with Crippen LogP contribution in [0.1, 0.15) is 12.5 Å². The third kappa shape index (κ3) is 4.48. The van der Waals surface area contributed by atoms with Gasteiger partial charge < -0.3 is 4.74 Å². The van der Waals surface area contributed by atoms with E-state index >= 15 is 0 Å². The molecule has 2 aromatic carbocycles. The second-order valence-electron chi connectivity index (χ2n) is 6.35. The Kier molecular flexibility index (Phi) is 5.62. The SMILES string of the molecule is CCc1ccc(OCCSc2nc(-c3cccc(F)c3)nc3cc(=O)[nH]n23)cc1. The highest BCUT2D eigenvalue weighted by Gasteiger charge is 2.12. The minimum Gasteiger partial charge on any atom is -0.493 e. The van der Waals surface area contributed by atoms with Gasteiger partial charge in [0, 0.05) is 17.4 Å². The van der Waals surface area contributed by atoms with Crippen molar-refractivity contribution in [1.82, 2.24) is 19.6 Å². The number of nitrogens with one attached hydrogen (secondary N) is 1. The lowest BCUT2D eigenvalue weighted by molar-refractivity contribution is 0.343. The van der Waals surface area contributed by atoms with E-state index in [-0.39, 0.29) is 11.4 Å². The maximum Gasteiger partial charge on any atom is 0.266 e. The first-order chi connectivity index (χ1) is 14.1. The minimum absolute atomic E-state index is 0.273. The van der Waals surface area contributed by atoms with E-state index in [1.165, 1.54) is 40.0 Å². The molecule has 0 saturated heterocycles. The lowest BCUT2D eigenvalue weighted by Gasteiger charge is -2.09. The van der Waals surface area contributed by atoms with Crippen LogP contribution in [0.3, 0.4) is 0 Å². The van der Waals surface area contributed by atoms with Gasteiger partial charge in [0.2, 0.25) is 0 Å². The van der Waals surface area contributed by atoms with E-state index in [2.05, 4.69) is 22.0 Å². The number of aromatic amines is 1. The first-order valence-electron chi connectivity index (χ1n) is 9.22. The van der Waals surface area contributed by atoms with Gasteiger partial charge in [-0.3, -0.25) is 9.89 Å². The lowest BCUT2D eigenvalue weighted by atomic mass is 10.2. The van der Waals surface area contributed by atoms with Gasteiger partial charge in [-0.2, -0.15) is 0 Å². The number of benzene rings is 2. The lowest BCUT2D eigenvalue weighted by Crippen LogP contribution is -2.07. The average Bonchev–Trinajstić information content (AvgIpc) is 3.12. The summed E-state index contributed by atoms with van der Waals surface area (Å²) in [6.45, 7) is 2.58. The predicted molar refractivity (Wildman–Crippen MR) is 111 cm³/mol. The normalized spacial score (nSPS) is 11.1. The summed E-state index contributed by atoms with van der Waals surface area (Å²) in [7, 11) is 0. The summed E-state index contributed by atoms with van der Waals surface area (Å²) in [5.74, 6) is 1.42. The number of aryl methyl sites for hydroxylation is 1. The molecule has 29 heavy (non-hydrogen) atoms. The quantitative estimate of drug-likeness (QED) is 0.369. The van der Waals surface area contributed by atoms with E-state index in [0.717, 1.165) is 12.2 Å². The second-order valence-corrected chi connectivity index (χ2v) is 7.41. The molecule has 0 aliphatic rings. The maximum absolute atomic E-state index is 13.6. The fourth-order valence-electron chi connectivity index (χ4n) is 2.85.